The fourth-order valence-corrected chi connectivity index (χ4v) is 4.96. The van der Waals surface area contributed by atoms with E-state index in [1.54, 1.807) is 6.07 Å². The van der Waals surface area contributed by atoms with Crippen LogP contribution in [0.2, 0.25) is 0 Å². The Morgan fingerprint density at radius 1 is 1.18 bits per heavy atom. The average Bonchev–Trinajstić information content (AvgIpc) is 3.36. The zero-order chi connectivity index (χ0) is 24.1. The van der Waals surface area contributed by atoms with Crippen molar-refractivity contribution in [1.29, 1.82) is 0 Å². The van der Waals surface area contributed by atoms with Gasteiger partial charge in [-0.05, 0) is 44.2 Å². The Morgan fingerprint density at radius 2 is 1.97 bits per heavy atom. The fourth-order valence-electron chi connectivity index (χ4n) is 3.41. The third-order valence-corrected chi connectivity index (χ3v) is 6.60. The predicted molar refractivity (Wildman–Crippen MR) is 132 cm³/mol. The second-order valence-electron chi connectivity index (χ2n) is 8.31. The minimum absolute atomic E-state index is 0.159. The molecule has 178 valence electrons. The van der Waals surface area contributed by atoms with Crippen LogP contribution in [0.1, 0.15) is 25.1 Å². The van der Waals surface area contributed by atoms with Gasteiger partial charge < -0.3 is 14.8 Å². The molecule has 0 atom stereocenters. The molecule has 0 bridgehead atoms. The summed E-state index contributed by atoms with van der Waals surface area (Å²) in [4.78, 5) is 28.7. The van der Waals surface area contributed by atoms with Crippen molar-refractivity contribution in [2.45, 2.75) is 31.6 Å². The van der Waals surface area contributed by atoms with E-state index in [9.17, 15) is 14.0 Å². The van der Waals surface area contributed by atoms with Crippen molar-refractivity contribution < 1.29 is 23.5 Å². The Balaban J connectivity index is 1.20. The third kappa shape index (κ3) is 6.48. The van der Waals surface area contributed by atoms with E-state index in [2.05, 4.69) is 15.6 Å². The van der Waals surface area contributed by atoms with Gasteiger partial charge in [0.15, 0.2) is 23.2 Å². The number of thiazole rings is 1. The van der Waals surface area contributed by atoms with Crippen LogP contribution in [0.5, 0.6) is 11.5 Å². The van der Waals surface area contributed by atoms with Gasteiger partial charge in [-0.25, -0.2) is 9.37 Å². The minimum Gasteiger partial charge on any atom is -0.483 e. The molecular weight excluding hydrogens is 477 g/mol. The van der Waals surface area contributed by atoms with Crippen molar-refractivity contribution in [2.75, 3.05) is 23.0 Å². The van der Waals surface area contributed by atoms with Crippen molar-refractivity contribution >= 4 is 45.7 Å². The molecule has 1 aliphatic heterocycles. The normalized spacial score (nSPS) is 13.6. The minimum atomic E-state index is -0.355. The molecule has 0 radical (unpaired) electrons. The molecule has 0 unspecified atom stereocenters. The molecule has 0 fully saturated rings. The van der Waals surface area contributed by atoms with E-state index in [1.807, 2.05) is 31.4 Å². The predicted octanol–water partition coefficient (Wildman–Crippen LogP) is 4.89. The number of nitrogens with zero attached hydrogens (tertiary/aromatic N) is 1. The van der Waals surface area contributed by atoms with E-state index >= 15 is 0 Å². The highest BCUT2D eigenvalue weighted by Gasteiger charge is 2.32. The second-order valence-corrected chi connectivity index (χ2v) is 10.2. The van der Waals surface area contributed by atoms with Crippen molar-refractivity contribution in [3.8, 4) is 11.5 Å². The van der Waals surface area contributed by atoms with Gasteiger partial charge in [0.25, 0.3) is 5.91 Å². The quantitative estimate of drug-likeness (QED) is 0.434. The molecule has 1 aromatic heterocycles. The molecule has 0 saturated carbocycles. The van der Waals surface area contributed by atoms with Crippen molar-refractivity contribution in [3.05, 3.63) is 64.9 Å². The lowest BCUT2D eigenvalue weighted by Crippen LogP contribution is -2.25. The number of fused-ring (bicyclic) bond motifs is 1. The van der Waals surface area contributed by atoms with Gasteiger partial charge in [-0.3, -0.25) is 14.9 Å². The maximum Gasteiger partial charge on any atom is 0.264 e. The highest BCUT2D eigenvalue weighted by Crippen LogP contribution is 2.41. The van der Waals surface area contributed by atoms with Gasteiger partial charge in [-0.15, -0.1) is 23.1 Å². The Hall–Kier alpha value is -3.11. The number of thioether (sulfide) groups is 1. The first kappa shape index (κ1) is 24.0. The summed E-state index contributed by atoms with van der Waals surface area (Å²) >= 11 is 2.70. The number of hydrogen-bond donors (Lipinski definition) is 2. The molecule has 2 amide bonds. The first-order valence-electron chi connectivity index (χ1n) is 10.6. The topological polar surface area (TPSA) is 89.5 Å². The lowest BCUT2D eigenvalue weighted by molar-refractivity contribution is -0.118. The molecule has 1 aliphatic rings. The van der Waals surface area contributed by atoms with Gasteiger partial charge in [0, 0.05) is 28.8 Å². The number of halogens is 1. The van der Waals surface area contributed by atoms with Crippen molar-refractivity contribution in [1.82, 2.24) is 4.98 Å². The van der Waals surface area contributed by atoms with Crippen molar-refractivity contribution in [3.63, 3.8) is 0 Å². The second kappa shape index (κ2) is 10.4. The van der Waals surface area contributed by atoms with Crippen LogP contribution in [0, 0.1) is 5.82 Å². The molecule has 2 heterocycles. The zero-order valence-electron chi connectivity index (χ0n) is 18.7. The molecule has 2 aromatic carbocycles. The number of amides is 2. The number of hydrogen-bond acceptors (Lipinski definition) is 7. The van der Waals surface area contributed by atoms with Crippen molar-refractivity contribution in [2.24, 2.45) is 0 Å². The molecule has 34 heavy (non-hydrogen) atoms. The van der Waals surface area contributed by atoms with E-state index in [1.165, 1.54) is 47.4 Å². The number of anilines is 2. The lowest BCUT2D eigenvalue weighted by Gasteiger charge is -2.18. The SMILES string of the molecule is CC1(C)Cc2cccc(OCC(=O)Nc3nc(CSCC(=O)Nc4ccc(F)cc4)cs3)c2O1. The number of rotatable bonds is 9. The Kier molecular flexibility index (Phi) is 7.38. The molecule has 2 N–H and O–H groups in total. The van der Waals surface area contributed by atoms with Crippen LogP contribution in [0.4, 0.5) is 15.2 Å². The largest absolute Gasteiger partial charge is 0.483 e. The lowest BCUT2D eigenvalue weighted by atomic mass is 10.0. The summed E-state index contributed by atoms with van der Waals surface area (Å²) in [5, 5.41) is 7.75. The summed E-state index contributed by atoms with van der Waals surface area (Å²) in [6.45, 7) is 3.87. The van der Waals surface area contributed by atoms with Crippen LogP contribution in [-0.2, 0) is 21.8 Å². The van der Waals surface area contributed by atoms with Crippen LogP contribution in [0.3, 0.4) is 0 Å². The van der Waals surface area contributed by atoms with Gasteiger partial charge >= 0.3 is 0 Å². The van der Waals surface area contributed by atoms with E-state index in [0.717, 1.165) is 17.7 Å². The van der Waals surface area contributed by atoms with Gasteiger partial charge in [-0.2, -0.15) is 0 Å². The van der Waals surface area contributed by atoms with Gasteiger partial charge in [0.1, 0.15) is 11.4 Å². The van der Waals surface area contributed by atoms with Crippen LogP contribution in [0.15, 0.2) is 47.8 Å². The summed E-state index contributed by atoms with van der Waals surface area (Å²) in [5.74, 6) is 1.13. The summed E-state index contributed by atoms with van der Waals surface area (Å²) in [7, 11) is 0. The Morgan fingerprint density at radius 3 is 2.76 bits per heavy atom. The standard InChI is InChI=1S/C24H24FN3O4S2/c1-24(2)10-15-4-3-5-19(22(15)32-24)31-11-20(29)28-23-27-18(13-34-23)12-33-14-21(30)26-17-8-6-16(25)7-9-17/h3-9,13H,10-12,14H2,1-2H3,(H,26,30)(H,27,28,29). The monoisotopic (exact) mass is 501 g/mol. The first-order valence-corrected chi connectivity index (χ1v) is 12.6. The molecular formula is C24H24FN3O4S2. The summed E-state index contributed by atoms with van der Waals surface area (Å²) in [5.41, 5.74) is 2.08. The van der Waals surface area contributed by atoms with E-state index < -0.39 is 0 Å². The maximum absolute atomic E-state index is 12.9. The molecule has 4 rings (SSSR count). The number of aromatic nitrogens is 1. The van der Waals surface area contributed by atoms with Gasteiger partial charge in [-0.1, -0.05) is 12.1 Å². The van der Waals surface area contributed by atoms with Gasteiger partial charge in [0.2, 0.25) is 5.91 Å². The first-order chi connectivity index (χ1) is 16.3. The number of para-hydroxylation sites is 1. The van der Waals surface area contributed by atoms with Gasteiger partial charge in [0.05, 0.1) is 11.4 Å². The number of carbonyl (C=O) groups is 2. The van der Waals surface area contributed by atoms with E-state index in [0.29, 0.717) is 28.1 Å². The average molecular weight is 502 g/mol. The molecule has 0 aliphatic carbocycles. The molecule has 3 aromatic rings. The number of nitrogens with one attached hydrogen (secondary N) is 2. The third-order valence-electron chi connectivity index (χ3n) is 4.82. The fraction of sp³-hybridized carbons (Fsp3) is 0.292. The van der Waals surface area contributed by atoms with Crippen LogP contribution < -0.4 is 20.1 Å². The Bertz CT molecular complexity index is 1180. The van der Waals surface area contributed by atoms with Crippen LogP contribution in [0.25, 0.3) is 0 Å². The number of ether oxygens (including phenoxy) is 2. The van der Waals surface area contributed by atoms with Crippen LogP contribution in [-0.4, -0.2) is 34.8 Å². The summed E-state index contributed by atoms with van der Waals surface area (Å²) in [6, 6.07) is 11.3. The van der Waals surface area contributed by atoms with E-state index in [4.69, 9.17) is 9.47 Å². The smallest absolute Gasteiger partial charge is 0.264 e. The maximum atomic E-state index is 12.9. The molecule has 7 nitrogen and oxygen atoms in total. The highest BCUT2D eigenvalue weighted by atomic mass is 32.2. The molecule has 0 spiro atoms. The number of benzene rings is 2. The summed E-state index contributed by atoms with van der Waals surface area (Å²) in [6.07, 6.45) is 0.791. The van der Waals surface area contributed by atoms with Crippen LogP contribution >= 0.6 is 23.1 Å². The Labute approximate surface area is 205 Å². The van der Waals surface area contributed by atoms with E-state index in [-0.39, 0.29) is 35.6 Å². The molecule has 10 heteroatoms. The summed E-state index contributed by atoms with van der Waals surface area (Å²) < 4.78 is 24.6. The molecule has 0 saturated heterocycles. The highest BCUT2D eigenvalue weighted by molar-refractivity contribution is 7.99. The zero-order valence-corrected chi connectivity index (χ0v) is 20.4. The number of carbonyl (C=O) groups excluding carboxylic acids is 2.